The smallest absolute Gasteiger partial charge is 0.366 e. The van der Waals surface area contributed by atoms with Gasteiger partial charge >= 0.3 is 6.18 Å². The van der Waals surface area contributed by atoms with Crippen molar-refractivity contribution in [3.8, 4) is 0 Å². The second-order valence-corrected chi connectivity index (χ2v) is 8.95. The van der Waals surface area contributed by atoms with Crippen LogP contribution >= 0.6 is 0 Å². The summed E-state index contributed by atoms with van der Waals surface area (Å²) in [6.45, 7) is 6.07. The molecule has 1 aliphatic carbocycles. The maximum atomic E-state index is 13.2. The molecule has 1 saturated carbocycles. The lowest BCUT2D eigenvalue weighted by atomic mass is 9.98. The number of nitrogens with zero attached hydrogens (tertiary/aromatic N) is 4. The number of hydrogen-bond donors (Lipinski definition) is 2. The van der Waals surface area contributed by atoms with Crippen molar-refractivity contribution in [2.24, 2.45) is 11.3 Å². The zero-order chi connectivity index (χ0) is 22.6. The topological polar surface area (TPSA) is 75.1 Å². The minimum atomic E-state index is -4.20. The molecule has 0 bridgehead atoms. The summed E-state index contributed by atoms with van der Waals surface area (Å²) < 4.78 is 40.9. The maximum absolute atomic E-state index is 13.2. The van der Waals surface area contributed by atoms with Gasteiger partial charge in [-0.15, -0.1) is 0 Å². The molecular formula is C21H27F3N6O. The van der Waals surface area contributed by atoms with Crippen molar-refractivity contribution in [2.75, 3.05) is 22.6 Å². The second-order valence-electron chi connectivity index (χ2n) is 8.95. The van der Waals surface area contributed by atoms with Crippen LogP contribution in [-0.4, -0.2) is 39.9 Å². The number of pyridine rings is 1. The lowest BCUT2D eigenvalue weighted by molar-refractivity contribution is -0.191. The zero-order valence-corrected chi connectivity index (χ0v) is 18.0. The quantitative estimate of drug-likeness (QED) is 0.717. The van der Waals surface area contributed by atoms with E-state index < -0.39 is 11.6 Å². The van der Waals surface area contributed by atoms with Gasteiger partial charge in [0.1, 0.15) is 11.9 Å². The van der Waals surface area contributed by atoms with E-state index >= 15 is 0 Å². The van der Waals surface area contributed by atoms with Crippen LogP contribution in [0.4, 0.5) is 30.4 Å². The molecular weight excluding hydrogens is 409 g/mol. The standard InChI is InChI=1S/C21H27F3N6O/c1-12(2)18-19(31)28-17-13(3)27-16(7-15(17)29(18)4)25-8-14-9-26-30(10-14)11-20(5-6-20)21(22,23)24/h7,9-10,12,18H,5-6,8,11H2,1-4H3,(H,25,27)(H,28,31)/t18-/m0/s1. The largest absolute Gasteiger partial charge is 0.396 e. The number of likely N-dealkylation sites (N-methyl/N-ethyl adjacent to an activating group) is 1. The number of nitrogens with one attached hydrogen (secondary N) is 2. The average molecular weight is 436 g/mol. The first-order chi connectivity index (χ1) is 14.5. The monoisotopic (exact) mass is 436 g/mol. The van der Waals surface area contributed by atoms with Crippen molar-refractivity contribution >= 4 is 23.1 Å². The molecule has 31 heavy (non-hydrogen) atoms. The van der Waals surface area contributed by atoms with Crippen molar-refractivity contribution in [1.29, 1.82) is 0 Å². The Bertz CT molecular complexity index is 995. The average Bonchev–Trinajstić information content (AvgIpc) is 3.32. The molecule has 0 unspecified atom stereocenters. The van der Waals surface area contributed by atoms with Crippen LogP contribution in [0.15, 0.2) is 18.5 Å². The summed E-state index contributed by atoms with van der Waals surface area (Å²) >= 11 is 0. The molecule has 0 radical (unpaired) electrons. The molecule has 2 aromatic rings. The second kappa shape index (κ2) is 7.42. The Labute approximate surface area is 179 Å². The molecule has 1 atom stereocenters. The molecule has 7 nitrogen and oxygen atoms in total. The number of fused-ring (bicyclic) bond motifs is 1. The molecule has 1 aliphatic heterocycles. The number of anilines is 3. The SMILES string of the molecule is Cc1nc(NCc2cnn(CC3(C(F)(F)F)CC3)c2)cc2c1NC(=O)[C@H](C(C)C)N2C. The minimum absolute atomic E-state index is 0.0460. The van der Waals surface area contributed by atoms with Gasteiger partial charge in [0.05, 0.1) is 35.2 Å². The molecule has 1 fully saturated rings. The highest BCUT2D eigenvalue weighted by molar-refractivity contribution is 6.04. The summed E-state index contributed by atoms with van der Waals surface area (Å²) in [5.41, 5.74) is 1.42. The van der Waals surface area contributed by atoms with E-state index in [0.717, 1.165) is 11.3 Å². The van der Waals surface area contributed by atoms with Gasteiger partial charge in [0.15, 0.2) is 0 Å². The first-order valence-corrected chi connectivity index (χ1v) is 10.4. The normalized spacial score (nSPS) is 19.9. The minimum Gasteiger partial charge on any atom is -0.366 e. The van der Waals surface area contributed by atoms with Crippen LogP contribution in [0.5, 0.6) is 0 Å². The van der Waals surface area contributed by atoms with E-state index in [1.807, 2.05) is 38.8 Å². The van der Waals surface area contributed by atoms with Crippen LogP contribution in [0, 0.1) is 18.3 Å². The molecule has 2 N–H and O–H groups in total. The maximum Gasteiger partial charge on any atom is 0.396 e. The molecule has 2 aliphatic rings. The summed E-state index contributed by atoms with van der Waals surface area (Å²) in [6.07, 6.45) is -0.665. The van der Waals surface area contributed by atoms with Gasteiger partial charge in [-0.2, -0.15) is 18.3 Å². The fourth-order valence-electron chi connectivity index (χ4n) is 4.22. The number of halogens is 3. The van der Waals surface area contributed by atoms with Gasteiger partial charge in [0.2, 0.25) is 5.91 Å². The van der Waals surface area contributed by atoms with E-state index in [1.165, 1.54) is 4.68 Å². The van der Waals surface area contributed by atoms with Crippen molar-refractivity contribution in [3.63, 3.8) is 0 Å². The Morgan fingerprint density at radius 1 is 1.35 bits per heavy atom. The van der Waals surface area contributed by atoms with Crippen LogP contribution in [0.3, 0.4) is 0 Å². The third-order valence-electron chi connectivity index (χ3n) is 6.20. The fraction of sp³-hybridized carbons (Fsp3) is 0.571. The molecule has 0 aromatic carbocycles. The van der Waals surface area contributed by atoms with E-state index in [4.69, 9.17) is 0 Å². The van der Waals surface area contributed by atoms with Crippen LogP contribution < -0.4 is 15.5 Å². The first kappa shape index (κ1) is 21.5. The number of carbonyl (C=O) groups is 1. The highest BCUT2D eigenvalue weighted by Crippen LogP contribution is 2.58. The summed E-state index contributed by atoms with van der Waals surface area (Å²) in [5.74, 6) is 0.721. The highest BCUT2D eigenvalue weighted by Gasteiger charge is 2.63. The van der Waals surface area contributed by atoms with Crippen LogP contribution in [0.2, 0.25) is 0 Å². The van der Waals surface area contributed by atoms with Crippen LogP contribution in [0.25, 0.3) is 0 Å². The Hall–Kier alpha value is -2.78. The number of aryl methyl sites for hydroxylation is 1. The Morgan fingerprint density at radius 3 is 2.68 bits per heavy atom. The number of aromatic nitrogens is 3. The van der Waals surface area contributed by atoms with Gasteiger partial charge < -0.3 is 15.5 Å². The fourth-order valence-corrected chi connectivity index (χ4v) is 4.22. The van der Waals surface area contributed by atoms with E-state index in [1.54, 1.807) is 12.4 Å². The number of hydrogen-bond acceptors (Lipinski definition) is 5. The lowest BCUT2D eigenvalue weighted by Crippen LogP contribution is -2.49. The molecule has 2 aromatic heterocycles. The van der Waals surface area contributed by atoms with E-state index in [0.29, 0.717) is 23.7 Å². The molecule has 0 saturated heterocycles. The molecule has 1 amide bonds. The Morgan fingerprint density at radius 2 is 2.06 bits per heavy atom. The molecule has 168 valence electrons. The van der Waals surface area contributed by atoms with Crippen LogP contribution in [0.1, 0.15) is 37.9 Å². The molecule has 10 heteroatoms. The summed E-state index contributed by atoms with van der Waals surface area (Å²) in [6, 6.07) is 1.61. The van der Waals surface area contributed by atoms with Gasteiger partial charge in [-0.1, -0.05) is 13.8 Å². The molecule has 4 rings (SSSR count). The van der Waals surface area contributed by atoms with E-state index in [-0.39, 0.29) is 37.3 Å². The van der Waals surface area contributed by atoms with Gasteiger partial charge in [-0.3, -0.25) is 9.48 Å². The predicted molar refractivity (Wildman–Crippen MR) is 112 cm³/mol. The van der Waals surface area contributed by atoms with Gasteiger partial charge in [0.25, 0.3) is 0 Å². The Kier molecular flexibility index (Phi) is 5.13. The van der Waals surface area contributed by atoms with Crippen molar-refractivity contribution in [2.45, 2.75) is 58.9 Å². The van der Waals surface area contributed by atoms with Crippen LogP contribution in [-0.2, 0) is 17.9 Å². The third kappa shape index (κ3) is 3.95. The number of carbonyl (C=O) groups excluding carboxylic acids is 1. The van der Waals surface area contributed by atoms with Gasteiger partial charge in [-0.25, -0.2) is 4.98 Å². The first-order valence-electron chi connectivity index (χ1n) is 10.4. The van der Waals surface area contributed by atoms with E-state index in [9.17, 15) is 18.0 Å². The summed E-state index contributed by atoms with van der Waals surface area (Å²) in [4.78, 5) is 18.9. The zero-order valence-electron chi connectivity index (χ0n) is 18.0. The van der Waals surface area contributed by atoms with Crippen molar-refractivity contribution in [3.05, 3.63) is 29.7 Å². The number of rotatable bonds is 6. The van der Waals surface area contributed by atoms with Gasteiger partial charge in [0, 0.05) is 31.4 Å². The summed E-state index contributed by atoms with van der Waals surface area (Å²) in [7, 11) is 1.89. The number of alkyl halides is 3. The van der Waals surface area contributed by atoms with Crippen molar-refractivity contribution < 1.29 is 18.0 Å². The highest BCUT2D eigenvalue weighted by atomic mass is 19.4. The van der Waals surface area contributed by atoms with Crippen molar-refractivity contribution in [1.82, 2.24) is 14.8 Å². The molecule has 3 heterocycles. The Balaban J connectivity index is 1.46. The number of amides is 1. The summed E-state index contributed by atoms with van der Waals surface area (Å²) in [5, 5.41) is 10.3. The predicted octanol–water partition coefficient (Wildman–Crippen LogP) is 3.95. The van der Waals surface area contributed by atoms with E-state index in [2.05, 4.69) is 20.7 Å². The van der Waals surface area contributed by atoms with Gasteiger partial charge in [-0.05, 0) is 25.7 Å². The third-order valence-corrected chi connectivity index (χ3v) is 6.20. The molecule has 0 spiro atoms. The lowest BCUT2D eigenvalue weighted by Gasteiger charge is -2.38.